The van der Waals surface area contributed by atoms with Gasteiger partial charge in [0.2, 0.25) is 0 Å². The van der Waals surface area contributed by atoms with Gasteiger partial charge in [-0.25, -0.2) is 0 Å². The molecule has 0 aliphatic rings. The lowest BCUT2D eigenvalue weighted by molar-refractivity contribution is 0.304. The van der Waals surface area contributed by atoms with E-state index in [1.807, 2.05) is 54.6 Å². The molecule has 0 unspecified atom stereocenters. The normalized spacial score (nSPS) is 10.8. The van der Waals surface area contributed by atoms with E-state index in [0.29, 0.717) is 28.0 Å². The highest BCUT2D eigenvalue weighted by molar-refractivity contribution is 6.30. The average Bonchev–Trinajstić information content (AvgIpc) is 3.18. The summed E-state index contributed by atoms with van der Waals surface area (Å²) in [5.74, 6) is 0.678. The molecule has 3 aromatic carbocycles. The fraction of sp³-hybridized carbons (Fsp3) is 0.0455. The predicted octanol–water partition coefficient (Wildman–Crippen LogP) is 6.34. The van der Waals surface area contributed by atoms with Crippen LogP contribution >= 0.6 is 23.2 Å². The van der Waals surface area contributed by atoms with E-state index in [0.717, 1.165) is 22.4 Å². The third kappa shape index (κ3) is 3.98. The zero-order valence-corrected chi connectivity index (χ0v) is 16.2. The number of aromatic nitrogens is 2. The number of phenols is 1. The minimum absolute atomic E-state index is 0.105. The number of nitrogens with one attached hydrogen (secondary N) is 1. The van der Waals surface area contributed by atoms with Gasteiger partial charge in [-0.3, -0.25) is 5.10 Å². The Morgan fingerprint density at radius 3 is 2.21 bits per heavy atom. The molecule has 4 rings (SSSR count). The van der Waals surface area contributed by atoms with Gasteiger partial charge in [0.05, 0.1) is 11.9 Å². The summed E-state index contributed by atoms with van der Waals surface area (Å²) in [5.41, 5.74) is 4.19. The van der Waals surface area contributed by atoms with Crippen LogP contribution in [0.25, 0.3) is 22.4 Å². The van der Waals surface area contributed by atoms with Crippen molar-refractivity contribution in [3.8, 4) is 33.9 Å². The van der Waals surface area contributed by atoms with Gasteiger partial charge in [-0.2, -0.15) is 5.10 Å². The zero-order valence-electron chi connectivity index (χ0n) is 14.7. The summed E-state index contributed by atoms with van der Waals surface area (Å²) < 4.78 is 5.77. The molecule has 0 saturated carbocycles. The number of aromatic amines is 1. The van der Waals surface area contributed by atoms with Gasteiger partial charge in [0.25, 0.3) is 0 Å². The third-order valence-electron chi connectivity index (χ3n) is 4.35. The summed E-state index contributed by atoms with van der Waals surface area (Å²) in [7, 11) is 0. The molecule has 4 aromatic rings. The Hall–Kier alpha value is -2.95. The largest absolute Gasteiger partial charge is 0.507 e. The number of aromatic hydroxyl groups is 1. The molecule has 6 heteroatoms. The molecule has 0 fully saturated rings. The van der Waals surface area contributed by atoms with Crippen molar-refractivity contribution in [3.05, 3.63) is 88.5 Å². The van der Waals surface area contributed by atoms with Crippen molar-refractivity contribution in [1.29, 1.82) is 0 Å². The van der Waals surface area contributed by atoms with Crippen molar-refractivity contribution < 1.29 is 9.84 Å². The van der Waals surface area contributed by atoms with Crippen LogP contribution in [-0.4, -0.2) is 15.3 Å². The molecular weight excluding hydrogens is 395 g/mol. The molecule has 0 amide bonds. The lowest BCUT2D eigenvalue weighted by atomic mass is 10.0. The van der Waals surface area contributed by atoms with Gasteiger partial charge >= 0.3 is 0 Å². The molecule has 0 radical (unpaired) electrons. The standard InChI is InChI=1S/C22H16Cl2N2O2/c23-16-5-1-14(2-6-16)13-28-18-9-10-19(21(27)11-18)22-20(12-25-26-22)15-3-7-17(24)8-4-15/h1-12,27H,13H2,(H,25,26). The van der Waals surface area contributed by atoms with Crippen molar-refractivity contribution in [1.82, 2.24) is 10.2 Å². The maximum atomic E-state index is 10.5. The van der Waals surface area contributed by atoms with Gasteiger partial charge in [0, 0.05) is 27.2 Å². The van der Waals surface area contributed by atoms with E-state index in [1.54, 1.807) is 18.3 Å². The first-order chi connectivity index (χ1) is 13.6. The molecule has 28 heavy (non-hydrogen) atoms. The highest BCUT2D eigenvalue weighted by Gasteiger charge is 2.14. The lowest BCUT2D eigenvalue weighted by Crippen LogP contribution is -1.95. The highest BCUT2D eigenvalue weighted by atomic mass is 35.5. The molecule has 0 spiro atoms. The number of benzene rings is 3. The number of hydrogen-bond donors (Lipinski definition) is 2. The first-order valence-corrected chi connectivity index (χ1v) is 9.36. The van der Waals surface area contributed by atoms with Crippen LogP contribution in [0.1, 0.15) is 5.56 Å². The van der Waals surface area contributed by atoms with E-state index in [9.17, 15) is 5.11 Å². The quantitative estimate of drug-likeness (QED) is 0.403. The van der Waals surface area contributed by atoms with Gasteiger partial charge in [-0.1, -0.05) is 47.5 Å². The van der Waals surface area contributed by atoms with Crippen LogP contribution < -0.4 is 4.74 Å². The minimum atomic E-state index is 0.105. The van der Waals surface area contributed by atoms with Gasteiger partial charge in [-0.15, -0.1) is 0 Å². The van der Waals surface area contributed by atoms with Crippen molar-refractivity contribution in [2.24, 2.45) is 0 Å². The van der Waals surface area contributed by atoms with Gasteiger partial charge in [-0.05, 0) is 47.5 Å². The third-order valence-corrected chi connectivity index (χ3v) is 4.86. The van der Waals surface area contributed by atoms with Gasteiger partial charge in [0.1, 0.15) is 18.1 Å². The summed E-state index contributed by atoms with van der Waals surface area (Å²) in [6.07, 6.45) is 1.73. The van der Waals surface area contributed by atoms with E-state index in [1.165, 1.54) is 0 Å². The van der Waals surface area contributed by atoms with Gasteiger partial charge in [0.15, 0.2) is 0 Å². The fourth-order valence-electron chi connectivity index (χ4n) is 2.90. The van der Waals surface area contributed by atoms with Crippen LogP contribution in [0.5, 0.6) is 11.5 Å². The number of nitrogens with zero attached hydrogens (tertiary/aromatic N) is 1. The molecule has 0 saturated heterocycles. The van der Waals surface area contributed by atoms with E-state index < -0.39 is 0 Å². The molecule has 0 bridgehead atoms. The number of rotatable bonds is 5. The highest BCUT2D eigenvalue weighted by Crippen LogP contribution is 2.37. The van der Waals surface area contributed by atoms with Gasteiger partial charge < -0.3 is 9.84 Å². The fourth-order valence-corrected chi connectivity index (χ4v) is 3.15. The summed E-state index contributed by atoms with van der Waals surface area (Å²) in [5, 5.41) is 19.0. The number of hydrogen-bond acceptors (Lipinski definition) is 3. The molecule has 0 aliphatic heterocycles. The molecule has 1 aromatic heterocycles. The summed E-state index contributed by atoms with van der Waals surface area (Å²) in [6, 6.07) is 20.1. The number of ether oxygens (including phenoxy) is 1. The second-order valence-corrected chi connectivity index (χ2v) is 7.13. The predicted molar refractivity (Wildman–Crippen MR) is 112 cm³/mol. The van der Waals surface area contributed by atoms with E-state index in [4.69, 9.17) is 27.9 Å². The average molecular weight is 411 g/mol. The summed E-state index contributed by atoms with van der Waals surface area (Å²) in [6.45, 7) is 0.385. The van der Waals surface area contributed by atoms with Crippen molar-refractivity contribution >= 4 is 23.2 Å². The Bertz CT molecular complexity index is 1090. The monoisotopic (exact) mass is 410 g/mol. The Labute approximate surface area is 172 Å². The maximum absolute atomic E-state index is 10.5. The number of H-pyrrole nitrogens is 1. The Morgan fingerprint density at radius 2 is 1.54 bits per heavy atom. The van der Waals surface area contributed by atoms with Crippen LogP contribution in [0.15, 0.2) is 72.9 Å². The number of phenolic OH excluding ortho intramolecular Hbond substituents is 1. The number of halogens is 2. The Kier molecular flexibility index (Phi) is 5.24. The van der Waals surface area contributed by atoms with E-state index in [2.05, 4.69) is 10.2 Å². The summed E-state index contributed by atoms with van der Waals surface area (Å²) in [4.78, 5) is 0. The lowest BCUT2D eigenvalue weighted by Gasteiger charge is -2.10. The second kappa shape index (κ2) is 7.97. The van der Waals surface area contributed by atoms with E-state index >= 15 is 0 Å². The first-order valence-electron chi connectivity index (χ1n) is 8.60. The molecule has 0 atom stereocenters. The van der Waals surface area contributed by atoms with E-state index in [-0.39, 0.29) is 5.75 Å². The SMILES string of the molecule is Oc1cc(OCc2ccc(Cl)cc2)ccc1-c1[nH]ncc1-c1ccc(Cl)cc1. The molecule has 0 aliphatic carbocycles. The molecular formula is C22H16Cl2N2O2. The maximum Gasteiger partial charge on any atom is 0.128 e. The zero-order chi connectivity index (χ0) is 19.5. The van der Waals surface area contributed by atoms with Crippen LogP contribution in [0.2, 0.25) is 10.0 Å². The summed E-state index contributed by atoms with van der Waals surface area (Å²) >= 11 is 11.9. The minimum Gasteiger partial charge on any atom is -0.507 e. The molecule has 4 nitrogen and oxygen atoms in total. The molecule has 140 valence electrons. The first kappa shape index (κ1) is 18.4. The topological polar surface area (TPSA) is 58.1 Å². The Morgan fingerprint density at radius 1 is 0.857 bits per heavy atom. The van der Waals surface area contributed by atoms with Crippen molar-refractivity contribution in [2.75, 3.05) is 0 Å². The molecule has 1 heterocycles. The van der Waals surface area contributed by atoms with Crippen LogP contribution in [-0.2, 0) is 6.61 Å². The Balaban J connectivity index is 1.56. The van der Waals surface area contributed by atoms with Crippen molar-refractivity contribution in [2.45, 2.75) is 6.61 Å². The second-order valence-electron chi connectivity index (χ2n) is 6.26. The smallest absolute Gasteiger partial charge is 0.128 e. The van der Waals surface area contributed by atoms with Crippen molar-refractivity contribution in [3.63, 3.8) is 0 Å². The van der Waals surface area contributed by atoms with Crippen LogP contribution in [0.4, 0.5) is 0 Å². The molecule has 2 N–H and O–H groups in total. The van der Waals surface area contributed by atoms with Crippen LogP contribution in [0, 0.1) is 0 Å². The van der Waals surface area contributed by atoms with Crippen LogP contribution in [0.3, 0.4) is 0 Å².